The van der Waals surface area contributed by atoms with Gasteiger partial charge >= 0.3 is 0 Å². The van der Waals surface area contributed by atoms with Crippen LogP contribution >= 0.6 is 15.9 Å². The van der Waals surface area contributed by atoms with Crippen LogP contribution in [0, 0.1) is 0 Å². The summed E-state index contributed by atoms with van der Waals surface area (Å²) in [4.78, 5) is 4.20. The van der Waals surface area contributed by atoms with Crippen LogP contribution in [0.4, 0.5) is 0 Å². The number of halogens is 1. The molecular formula is C15H12BrN3O2. The van der Waals surface area contributed by atoms with Gasteiger partial charge in [-0.2, -0.15) is 0 Å². The van der Waals surface area contributed by atoms with Crippen molar-refractivity contribution in [2.24, 2.45) is 5.73 Å². The Kier molecular flexibility index (Phi) is 2.47. The number of aromatic hydroxyl groups is 1. The van der Waals surface area contributed by atoms with Gasteiger partial charge < -0.3 is 20.9 Å². The average Bonchev–Trinajstić information content (AvgIpc) is 2.84. The lowest BCUT2D eigenvalue weighted by Gasteiger charge is -2.34. The number of aromatic nitrogens is 1. The van der Waals surface area contributed by atoms with E-state index in [4.69, 9.17) is 10.5 Å². The number of nitrogens with zero attached hydrogens (tertiary/aromatic N) is 1. The second-order valence-corrected chi connectivity index (χ2v) is 6.13. The summed E-state index contributed by atoms with van der Waals surface area (Å²) in [6.07, 6.45) is 3.34. The van der Waals surface area contributed by atoms with Crippen LogP contribution in [-0.4, -0.2) is 16.6 Å². The predicted molar refractivity (Wildman–Crippen MR) is 81.2 cm³/mol. The Morgan fingerprint density at radius 1 is 1.33 bits per heavy atom. The maximum Gasteiger partial charge on any atom is 0.223 e. The van der Waals surface area contributed by atoms with Crippen molar-refractivity contribution in [1.82, 2.24) is 10.3 Å². The Labute approximate surface area is 129 Å². The van der Waals surface area contributed by atoms with Gasteiger partial charge in [0.2, 0.25) is 5.88 Å². The van der Waals surface area contributed by atoms with Crippen LogP contribution in [0.2, 0.25) is 0 Å². The molecule has 0 radical (unpaired) electrons. The molecule has 2 aromatic rings. The largest absolute Gasteiger partial charge is 0.506 e. The van der Waals surface area contributed by atoms with Gasteiger partial charge in [-0.15, -0.1) is 0 Å². The minimum atomic E-state index is -0.484. The fourth-order valence-electron chi connectivity index (χ4n) is 2.99. The van der Waals surface area contributed by atoms with Crippen LogP contribution in [0.1, 0.15) is 11.1 Å². The molecule has 0 amide bonds. The van der Waals surface area contributed by atoms with Gasteiger partial charge in [0, 0.05) is 22.1 Å². The minimum Gasteiger partial charge on any atom is -0.506 e. The van der Waals surface area contributed by atoms with E-state index in [1.54, 1.807) is 6.07 Å². The Morgan fingerprint density at radius 2 is 2.19 bits per heavy atom. The summed E-state index contributed by atoms with van der Waals surface area (Å²) in [6.45, 7) is 0.601. The van der Waals surface area contributed by atoms with Crippen LogP contribution < -0.4 is 15.8 Å². The molecule has 0 saturated carbocycles. The second kappa shape index (κ2) is 4.14. The van der Waals surface area contributed by atoms with Crippen LogP contribution in [-0.2, 0) is 5.41 Å². The molecule has 4 N–H and O–H groups in total. The number of pyridine rings is 1. The predicted octanol–water partition coefficient (Wildman–Crippen LogP) is 2.34. The van der Waals surface area contributed by atoms with Crippen LogP contribution in [0.25, 0.3) is 0 Å². The molecule has 6 heteroatoms. The van der Waals surface area contributed by atoms with E-state index in [1.165, 1.54) is 6.20 Å². The van der Waals surface area contributed by atoms with Crippen molar-refractivity contribution >= 4 is 15.9 Å². The van der Waals surface area contributed by atoms with Gasteiger partial charge in [0.15, 0.2) is 0 Å². The fraction of sp³-hybridized carbons (Fsp3) is 0.133. The zero-order valence-electron chi connectivity index (χ0n) is 10.9. The van der Waals surface area contributed by atoms with Gasteiger partial charge in [-0.3, -0.25) is 0 Å². The van der Waals surface area contributed by atoms with Crippen LogP contribution in [0.15, 0.2) is 46.8 Å². The number of fused-ring (bicyclic) bond motifs is 4. The van der Waals surface area contributed by atoms with E-state index in [0.29, 0.717) is 18.2 Å². The van der Waals surface area contributed by atoms with Crippen LogP contribution in [0.3, 0.4) is 0 Å². The SMILES string of the molecule is NC1=CC2(CN1)c1cc(Br)ccc1Oc1ncc(O)cc12. The smallest absolute Gasteiger partial charge is 0.223 e. The molecular weight excluding hydrogens is 334 g/mol. The molecule has 1 aromatic carbocycles. The summed E-state index contributed by atoms with van der Waals surface area (Å²) in [6, 6.07) is 7.52. The number of benzene rings is 1. The Bertz CT molecular complexity index is 737. The molecule has 2 aliphatic heterocycles. The summed E-state index contributed by atoms with van der Waals surface area (Å²) in [5, 5.41) is 13.0. The highest BCUT2D eigenvalue weighted by Crippen LogP contribution is 2.50. The standard InChI is InChI=1S/C15H12BrN3O2/c16-8-1-2-12-10(3-8)15(5-13(17)19-7-15)11-4-9(20)6-18-14(11)21-12/h1-6,19-20H,7,17H2. The third kappa shape index (κ3) is 1.72. The highest BCUT2D eigenvalue weighted by molar-refractivity contribution is 9.10. The van der Waals surface area contributed by atoms with Gasteiger partial charge in [0.1, 0.15) is 11.5 Å². The first kappa shape index (κ1) is 12.5. The topological polar surface area (TPSA) is 80.4 Å². The highest BCUT2D eigenvalue weighted by Gasteiger charge is 2.44. The zero-order chi connectivity index (χ0) is 14.6. The molecule has 0 saturated heterocycles. The Morgan fingerprint density at radius 3 is 2.95 bits per heavy atom. The number of hydrogen-bond donors (Lipinski definition) is 3. The average molecular weight is 346 g/mol. The molecule has 0 aliphatic carbocycles. The lowest BCUT2D eigenvalue weighted by molar-refractivity contribution is 0.399. The third-order valence-corrected chi connectivity index (χ3v) is 4.41. The van der Waals surface area contributed by atoms with E-state index < -0.39 is 5.41 Å². The molecule has 5 nitrogen and oxygen atoms in total. The summed E-state index contributed by atoms with van der Waals surface area (Å²) in [7, 11) is 0. The summed E-state index contributed by atoms with van der Waals surface area (Å²) < 4.78 is 6.83. The van der Waals surface area contributed by atoms with Crippen molar-refractivity contribution in [3.8, 4) is 17.4 Å². The molecule has 0 bridgehead atoms. The lowest BCUT2D eigenvalue weighted by atomic mass is 9.74. The maximum atomic E-state index is 9.80. The van der Waals surface area contributed by atoms with Crippen molar-refractivity contribution < 1.29 is 9.84 Å². The minimum absolute atomic E-state index is 0.106. The van der Waals surface area contributed by atoms with E-state index in [-0.39, 0.29) is 5.75 Å². The lowest BCUT2D eigenvalue weighted by Crippen LogP contribution is -2.34. The highest BCUT2D eigenvalue weighted by atomic mass is 79.9. The Balaban J connectivity index is 2.05. The fourth-order valence-corrected chi connectivity index (χ4v) is 3.35. The molecule has 0 fully saturated rings. The molecule has 1 spiro atoms. The van der Waals surface area contributed by atoms with Gasteiger partial charge in [-0.1, -0.05) is 15.9 Å². The molecule has 3 heterocycles. The van der Waals surface area contributed by atoms with Crippen molar-refractivity contribution in [1.29, 1.82) is 0 Å². The van der Waals surface area contributed by atoms with E-state index in [1.807, 2.05) is 24.3 Å². The number of nitrogens with one attached hydrogen (secondary N) is 1. The van der Waals surface area contributed by atoms with Crippen molar-refractivity contribution in [3.05, 3.63) is 58.0 Å². The van der Waals surface area contributed by atoms with Gasteiger partial charge in [0.25, 0.3) is 0 Å². The quantitative estimate of drug-likeness (QED) is 0.682. The number of nitrogens with two attached hydrogens (primary N) is 1. The second-order valence-electron chi connectivity index (χ2n) is 5.21. The van der Waals surface area contributed by atoms with E-state index in [9.17, 15) is 5.11 Å². The zero-order valence-corrected chi connectivity index (χ0v) is 12.5. The van der Waals surface area contributed by atoms with E-state index >= 15 is 0 Å². The van der Waals surface area contributed by atoms with Gasteiger partial charge in [-0.25, -0.2) is 4.98 Å². The van der Waals surface area contributed by atoms with E-state index in [2.05, 4.69) is 26.2 Å². The molecule has 1 aromatic heterocycles. The molecule has 1 atom stereocenters. The first-order valence-electron chi connectivity index (χ1n) is 6.48. The first-order chi connectivity index (χ1) is 10.1. The maximum absolute atomic E-state index is 9.80. The van der Waals surface area contributed by atoms with Crippen LogP contribution in [0.5, 0.6) is 17.4 Å². The number of hydrogen-bond acceptors (Lipinski definition) is 5. The molecule has 4 rings (SSSR count). The van der Waals surface area contributed by atoms with Crippen molar-refractivity contribution in [3.63, 3.8) is 0 Å². The van der Waals surface area contributed by atoms with E-state index in [0.717, 1.165) is 21.3 Å². The normalized spacial score (nSPS) is 22.0. The monoisotopic (exact) mass is 345 g/mol. The third-order valence-electron chi connectivity index (χ3n) is 3.92. The molecule has 1 unspecified atom stereocenters. The summed E-state index contributed by atoms with van der Waals surface area (Å²) in [5.41, 5.74) is 7.26. The van der Waals surface area contributed by atoms with Gasteiger partial charge in [0.05, 0.1) is 17.4 Å². The van der Waals surface area contributed by atoms with Crippen molar-refractivity contribution in [2.75, 3.05) is 6.54 Å². The molecule has 21 heavy (non-hydrogen) atoms. The summed E-state index contributed by atoms with van der Waals surface area (Å²) >= 11 is 3.50. The van der Waals surface area contributed by atoms with Gasteiger partial charge in [-0.05, 0) is 30.3 Å². The number of rotatable bonds is 0. The number of ether oxygens (including phenoxy) is 1. The molecule has 106 valence electrons. The molecule has 2 aliphatic rings. The first-order valence-corrected chi connectivity index (χ1v) is 7.27. The van der Waals surface area contributed by atoms with Crippen molar-refractivity contribution in [2.45, 2.75) is 5.41 Å². The Hall–Kier alpha value is -2.21. The summed E-state index contributed by atoms with van der Waals surface area (Å²) in [5.74, 6) is 1.96.